The minimum Gasteiger partial charge on any atom is -0.394 e. The fourth-order valence-corrected chi connectivity index (χ4v) is 3.25. The summed E-state index contributed by atoms with van der Waals surface area (Å²) in [5.74, 6) is 1.15. The smallest absolute Gasteiger partial charge is 0.191 e. The third-order valence-electron chi connectivity index (χ3n) is 3.56. The molecule has 1 aromatic carbocycles. The first kappa shape index (κ1) is 16.7. The second kappa shape index (κ2) is 7.61. The highest BCUT2D eigenvalue weighted by atomic mass is 32.2. The number of imidazole rings is 1. The monoisotopic (exact) mass is 345 g/mol. The van der Waals surface area contributed by atoms with Crippen molar-refractivity contribution in [2.45, 2.75) is 24.3 Å². The molecule has 0 radical (unpaired) electrons. The standard InChI is InChI=1S/C16H19N5O2S/c1-2-7-21-15(18-19-16(21)24-10-12(23)9-22)8-20-11-17-13-5-3-4-6-14(13)20/h2-6,11-12,22-23H,1,7-10H2. The van der Waals surface area contributed by atoms with Gasteiger partial charge in [-0.3, -0.25) is 0 Å². The molecule has 0 fully saturated rings. The van der Waals surface area contributed by atoms with Gasteiger partial charge in [0.15, 0.2) is 11.0 Å². The summed E-state index contributed by atoms with van der Waals surface area (Å²) < 4.78 is 3.98. The average molecular weight is 345 g/mol. The minimum absolute atomic E-state index is 0.267. The summed E-state index contributed by atoms with van der Waals surface area (Å²) in [5, 5.41) is 27.6. The van der Waals surface area contributed by atoms with Gasteiger partial charge in [-0.25, -0.2) is 4.98 Å². The van der Waals surface area contributed by atoms with Gasteiger partial charge in [0.05, 0.1) is 36.6 Å². The summed E-state index contributed by atoms with van der Waals surface area (Å²) in [4.78, 5) is 4.39. The zero-order valence-corrected chi connectivity index (χ0v) is 13.9. The number of allylic oxidation sites excluding steroid dienone is 1. The first-order valence-electron chi connectivity index (χ1n) is 7.57. The van der Waals surface area contributed by atoms with E-state index in [2.05, 4.69) is 21.8 Å². The van der Waals surface area contributed by atoms with E-state index in [9.17, 15) is 5.11 Å². The molecular formula is C16H19N5O2S. The second-order valence-electron chi connectivity index (χ2n) is 5.31. The van der Waals surface area contributed by atoms with Crippen LogP contribution in [0.25, 0.3) is 11.0 Å². The molecule has 2 aromatic heterocycles. The van der Waals surface area contributed by atoms with Crippen molar-refractivity contribution in [2.24, 2.45) is 0 Å². The van der Waals surface area contributed by atoms with E-state index < -0.39 is 6.10 Å². The fourth-order valence-electron chi connectivity index (χ4n) is 2.37. The number of para-hydroxylation sites is 2. The summed E-state index contributed by atoms with van der Waals surface area (Å²) in [6.07, 6.45) is 2.80. The van der Waals surface area contributed by atoms with Gasteiger partial charge in [-0.1, -0.05) is 30.0 Å². The van der Waals surface area contributed by atoms with E-state index in [4.69, 9.17) is 5.11 Å². The molecule has 0 spiro atoms. The molecule has 1 atom stereocenters. The van der Waals surface area contributed by atoms with Crippen LogP contribution in [0.5, 0.6) is 0 Å². The molecule has 8 heteroatoms. The maximum atomic E-state index is 9.51. The maximum Gasteiger partial charge on any atom is 0.191 e. The molecule has 24 heavy (non-hydrogen) atoms. The second-order valence-corrected chi connectivity index (χ2v) is 6.29. The fraction of sp³-hybridized carbons (Fsp3) is 0.312. The van der Waals surface area contributed by atoms with Crippen LogP contribution in [0.4, 0.5) is 0 Å². The Balaban J connectivity index is 1.84. The van der Waals surface area contributed by atoms with Crippen molar-refractivity contribution >= 4 is 22.8 Å². The van der Waals surface area contributed by atoms with Gasteiger partial charge in [-0.2, -0.15) is 0 Å². The van der Waals surface area contributed by atoms with Crippen LogP contribution in [0.1, 0.15) is 5.82 Å². The molecule has 0 aliphatic carbocycles. The van der Waals surface area contributed by atoms with Crippen molar-refractivity contribution in [3.8, 4) is 0 Å². The van der Waals surface area contributed by atoms with E-state index in [1.165, 1.54) is 11.8 Å². The number of aromatic nitrogens is 5. The Morgan fingerprint density at radius 3 is 2.92 bits per heavy atom. The number of benzene rings is 1. The van der Waals surface area contributed by atoms with Crippen LogP contribution in [0.3, 0.4) is 0 Å². The lowest BCUT2D eigenvalue weighted by molar-refractivity contribution is 0.113. The molecule has 0 aliphatic heterocycles. The van der Waals surface area contributed by atoms with Crippen molar-refractivity contribution < 1.29 is 10.2 Å². The Labute approximate surface area is 143 Å². The summed E-state index contributed by atoms with van der Waals surface area (Å²) in [6, 6.07) is 7.93. The highest BCUT2D eigenvalue weighted by Crippen LogP contribution is 2.20. The molecule has 3 rings (SSSR count). The Hall–Kier alpha value is -2.16. The third-order valence-corrected chi connectivity index (χ3v) is 4.67. The molecule has 0 bridgehead atoms. The summed E-state index contributed by atoms with van der Waals surface area (Å²) >= 11 is 1.36. The van der Waals surface area contributed by atoms with Crippen LogP contribution in [0.2, 0.25) is 0 Å². The van der Waals surface area contributed by atoms with Gasteiger partial charge < -0.3 is 19.3 Å². The van der Waals surface area contributed by atoms with Gasteiger partial charge in [-0.05, 0) is 12.1 Å². The van der Waals surface area contributed by atoms with E-state index in [1.54, 1.807) is 12.4 Å². The lowest BCUT2D eigenvalue weighted by atomic mass is 10.3. The van der Waals surface area contributed by atoms with Gasteiger partial charge in [-0.15, -0.1) is 16.8 Å². The Morgan fingerprint density at radius 1 is 1.29 bits per heavy atom. The predicted octanol–water partition coefficient (Wildman–Crippen LogP) is 1.31. The molecule has 0 aliphatic rings. The van der Waals surface area contributed by atoms with Crippen LogP contribution >= 0.6 is 11.8 Å². The van der Waals surface area contributed by atoms with Crippen LogP contribution in [0, 0.1) is 0 Å². The quantitative estimate of drug-likeness (QED) is 0.473. The molecule has 0 amide bonds. The third kappa shape index (κ3) is 3.50. The molecule has 1 unspecified atom stereocenters. The van der Waals surface area contributed by atoms with E-state index in [0.29, 0.717) is 24.0 Å². The van der Waals surface area contributed by atoms with Crippen LogP contribution < -0.4 is 0 Å². The van der Waals surface area contributed by atoms with Gasteiger partial charge in [0.25, 0.3) is 0 Å². The Bertz CT molecular complexity index is 829. The molecule has 0 saturated carbocycles. The molecule has 2 N–H and O–H groups in total. The van der Waals surface area contributed by atoms with Gasteiger partial charge in [0, 0.05) is 12.3 Å². The summed E-state index contributed by atoms with van der Waals surface area (Å²) in [5.41, 5.74) is 1.98. The number of nitrogens with zero attached hydrogens (tertiary/aromatic N) is 5. The Kier molecular flexibility index (Phi) is 5.29. The maximum absolute atomic E-state index is 9.51. The number of fused-ring (bicyclic) bond motifs is 1. The van der Waals surface area contributed by atoms with E-state index in [0.717, 1.165) is 16.9 Å². The first-order chi connectivity index (χ1) is 11.7. The zero-order valence-electron chi connectivity index (χ0n) is 13.1. The van der Waals surface area contributed by atoms with Crippen molar-refractivity contribution in [1.29, 1.82) is 0 Å². The van der Waals surface area contributed by atoms with Gasteiger partial charge in [0.2, 0.25) is 0 Å². The SMILES string of the molecule is C=CCn1c(Cn2cnc3ccccc32)nnc1SCC(O)CO. The zero-order chi connectivity index (χ0) is 16.9. The predicted molar refractivity (Wildman–Crippen MR) is 92.9 cm³/mol. The minimum atomic E-state index is -0.773. The number of hydrogen-bond donors (Lipinski definition) is 2. The van der Waals surface area contributed by atoms with Gasteiger partial charge >= 0.3 is 0 Å². The van der Waals surface area contributed by atoms with E-state index in [-0.39, 0.29) is 6.61 Å². The number of thioether (sulfide) groups is 1. The van der Waals surface area contributed by atoms with Crippen molar-refractivity contribution in [3.63, 3.8) is 0 Å². The number of hydrogen-bond acceptors (Lipinski definition) is 6. The van der Waals surface area contributed by atoms with Crippen LogP contribution in [-0.4, -0.2) is 53.0 Å². The van der Waals surface area contributed by atoms with Crippen molar-refractivity contribution in [1.82, 2.24) is 24.3 Å². The number of aliphatic hydroxyl groups is 2. The summed E-state index contributed by atoms with van der Waals surface area (Å²) in [7, 11) is 0. The van der Waals surface area contributed by atoms with Crippen LogP contribution in [0.15, 0.2) is 48.4 Å². The summed E-state index contributed by atoms with van der Waals surface area (Å²) in [6.45, 7) is 4.64. The lowest BCUT2D eigenvalue weighted by Crippen LogP contribution is -2.15. The van der Waals surface area contributed by atoms with E-state index >= 15 is 0 Å². The molecule has 2 heterocycles. The topological polar surface area (TPSA) is 89.0 Å². The molecular weight excluding hydrogens is 326 g/mol. The van der Waals surface area contributed by atoms with Gasteiger partial charge in [0.1, 0.15) is 0 Å². The molecule has 126 valence electrons. The first-order valence-corrected chi connectivity index (χ1v) is 8.56. The van der Waals surface area contributed by atoms with Crippen molar-refractivity contribution in [3.05, 3.63) is 49.1 Å². The molecule has 7 nitrogen and oxygen atoms in total. The highest BCUT2D eigenvalue weighted by Gasteiger charge is 2.14. The average Bonchev–Trinajstić information content (AvgIpc) is 3.18. The lowest BCUT2D eigenvalue weighted by Gasteiger charge is -2.10. The normalized spacial score (nSPS) is 12.6. The van der Waals surface area contributed by atoms with Crippen molar-refractivity contribution in [2.75, 3.05) is 12.4 Å². The largest absolute Gasteiger partial charge is 0.394 e. The highest BCUT2D eigenvalue weighted by molar-refractivity contribution is 7.99. The Morgan fingerprint density at radius 2 is 2.12 bits per heavy atom. The van der Waals surface area contributed by atoms with Crippen LogP contribution in [-0.2, 0) is 13.1 Å². The molecule has 3 aromatic rings. The van der Waals surface area contributed by atoms with E-state index in [1.807, 2.05) is 33.4 Å². The molecule has 0 saturated heterocycles. The number of aliphatic hydroxyl groups excluding tert-OH is 2. The number of rotatable bonds is 8.